The van der Waals surface area contributed by atoms with Gasteiger partial charge in [-0.3, -0.25) is 0 Å². The Morgan fingerprint density at radius 1 is 1.06 bits per heavy atom. The van der Waals surface area contributed by atoms with E-state index in [1.807, 2.05) is 0 Å². The topological polar surface area (TPSA) is 0 Å². The first-order valence-electron chi connectivity index (χ1n) is 5.03. The van der Waals surface area contributed by atoms with Crippen molar-refractivity contribution in [1.82, 2.24) is 0 Å². The summed E-state index contributed by atoms with van der Waals surface area (Å²) in [6, 6.07) is 8.86. The molecule has 0 amide bonds. The fraction of sp³-hybridized carbons (Fsp3) is 0.0769. The van der Waals surface area contributed by atoms with Gasteiger partial charge in [-0.05, 0) is 45.3 Å². The van der Waals surface area contributed by atoms with Gasteiger partial charge in [0.15, 0.2) is 11.6 Å². The fourth-order valence-corrected chi connectivity index (χ4v) is 2.56. The summed E-state index contributed by atoms with van der Waals surface area (Å²) in [6.45, 7) is 0. The van der Waals surface area contributed by atoms with Gasteiger partial charge in [-0.15, -0.1) is 11.6 Å². The average molecular weight is 352 g/mol. The molecule has 1 unspecified atom stereocenters. The lowest BCUT2D eigenvalue weighted by Gasteiger charge is -2.13. The molecule has 0 N–H and O–H groups in total. The maximum Gasteiger partial charge on any atom is 0.159 e. The Morgan fingerprint density at radius 2 is 1.78 bits per heavy atom. The average Bonchev–Trinajstić information content (AvgIpc) is 2.35. The summed E-state index contributed by atoms with van der Waals surface area (Å²) in [4.78, 5) is 0. The molecule has 94 valence electrons. The highest BCUT2D eigenvalue weighted by Gasteiger charge is 2.17. The second-order valence-corrected chi connectivity index (χ2v) is 5.35. The second-order valence-electron chi connectivity index (χ2n) is 3.68. The highest BCUT2D eigenvalue weighted by Crippen LogP contribution is 2.37. The smallest absolute Gasteiger partial charge is 0.159 e. The van der Waals surface area contributed by atoms with Gasteiger partial charge in [0.2, 0.25) is 0 Å². The number of hydrogen-bond donors (Lipinski definition) is 0. The quantitative estimate of drug-likeness (QED) is 0.608. The Hall–Kier alpha value is -0.640. The summed E-state index contributed by atoms with van der Waals surface area (Å²) in [6.07, 6.45) is 0. The van der Waals surface area contributed by atoms with Crippen molar-refractivity contribution in [3.05, 3.63) is 68.7 Å². The van der Waals surface area contributed by atoms with Crippen LogP contribution in [0.4, 0.5) is 8.78 Å². The van der Waals surface area contributed by atoms with Crippen molar-refractivity contribution in [2.24, 2.45) is 0 Å². The van der Waals surface area contributed by atoms with E-state index in [0.717, 1.165) is 12.1 Å². The zero-order valence-corrected chi connectivity index (χ0v) is 12.0. The van der Waals surface area contributed by atoms with E-state index in [-0.39, 0.29) is 0 Å². The number of hydrogen-bond acceptors (Lipinski definition) is 0. The lowest BCUT2D eigenvalue weighted by molar-refractivity contribution is 0.507. The number of alkyl halides is 1. The number of benzene rings is 2. The van der Waals surface area contributed by atoms with E-state index < -0.39 is 17.0 Å². The molecule has 0 bridgehead atoms. The minimum absolute atomic E-state index is 0.454. The van der Waals surface area contributed by atoms with Crippen molar-refractivity contribution in [2.75, 3.05) is 0 Å². The molecular formula is C13H7BrCl2F2. The van der Waals surface area contributed by atoms with Crippen LogP contribution in [0.3, 0.4) is 0 Å². The molecule has 0 heterocycles. The lowest BCUT2D eigenvalue weighted by atomic mass is 10.0. The zero-order chi connectivity index (χ0) is 13.3. The molecule has 0 aliphatic rings. The van der Waals surface area contributed by atoms with Gasteiger partial charge in [0.1, 0.15) is 0 Å². The molecule has 0 aromatic heterocycles. The number of rotatable bonds is 2. The van der Waals surface area contributed by atoms with E-state index in [4.69, 9.17) is 23.2 Å². The molecule has 0 nitrogen and oxygen atoms in total. The van der Waals surface area contributed by atoms with Crippen LogP contribution in [0.2, 0.25) is 5.02 Å². The molecular weight excluding hydrogens is 345 g/mol. The van der Waals surface area contributed by atoms with Crippen molar-refractivity contribution in [3.63, 3.8) is 0 Å². The third-order valence-corrected chi connectivity index (χ3v) is 4.29. The van der Waals surface area contributed by atoms with Crippen molar-refractivity contribution >= 4 is 39.1 Å². The van der Waals surface area contributed by atoms with Crippen LogP contribution in [0.1, 0.15) is 16.5 Å². The molecule has 1 atom stereocenters. The Kier molecular flexibility index (Phi) is 4.25. The van der Waals surface area contributed by atoms with Crippen LogP contribution in [0.5, 0.6) is 0 Å². The molecule has 0 spiro atoms. The summed E-state index contributed by atoms with van der Waals surface area (Å²) in [5.74, 6) is -1.83. The Labute approximate surface area is 122 Å². The van der Waals surface area contributed by atoms with Gasteiger partial charge >= 0.3 is 0 Å². The maximum absolute atomic E-state index is 13.2. The molecule has 0 fully saturated rings. The van der Waals surface area contributed by atoms with E-state index in [2.05, 4.69) is 15.9 Å². The van der Waals surface area contributed by atoms with Crippen molar-refractivity contribution in [1.29, 1.82) is 0 Å². The molecule has 0 radical (unpaired) electrons. The lowest BCUT2D eigenvalue weighted by Crippen LogP contribution is -1.97. The van der Waals surface area contributed by atoms with Gasteiger partial charge in [0, 0.05) is 4.47 Å². The molecule has 2 rings (SSSR count). The molecule has 5 heteroatoms. The molecule has 0 aliphatic carbocycles. The van der Waals surface area contributed by atoms with Gasteiger partial charge < -0.3 is 0 Å². The van der Waals surface area contributed by atoms with Crippen molar-refractivity contribution in [3.8, 4) is 0 Å². The number of halogens is 5. The van der Waals surface area contributed by atoms with Crippen LogP contribution in [0.25, 0.3) is 0 Å². The van der Waals surface area contributed by atoms with Gasteiger partial charge in [0.25, 0.3) is 0 Å². The third kappa shape index (κ3) is 2.68. The molecule has 2 aromatic carbocycles. The monoisotopic (exact) mass is 350 g/mol. The van der Waals surface area contributed by atoms with Crippen LogP contribution in [0.15, 0.2) is 40.9 Å². The van der Waals surface area contributed by atoms with E-state index in [9.17, 15) is 8.78 Å². The summed E-state index contributed by atoms with van der Waals surface area (Å²) >= 11 is 15.6. The molecule has 18 heavy (non-hydrogen) atoms. The van der Waals surface area contributed by atoms with E-state index >= 15 is 0 Å². The zero-order valence-electron chi connectivity index (χ0n) is 8.93. The maximum atomic E-state index is 13.2. The van der Waals surface area contributed by atoms with Crippen LogP contribution < -0.4 is 0 Å². The second kappa shape index (κ2) is 5.55. The Bertz CT molecular complexity index is 587. The van der Waals surface area contributed by atoms with E-state index in [1.165, 1.54) is 6.07 Å². The predicted octanol–water partition coefficient (Wildman–Crippen LogP) is 5.71. The van der Waals surface area contributed by atoms with Gasteiger partial charge in [-0.1, -0.05) is 29.8 Å². The predicted molar refractivity (Wildman–Crippen MR) is 73.2 cm³/mol. The standard InChI is InChI=1S/C13H7BrCl2F2/c14-9-3-1-2-8(13(9)16)12(15)7-4-5-10(17)11(18)6-7/h1-6,12H. The Balaban J connectivity index is 2.44. The van der Waals surface area contributed by atoms with Crippen LogP contribution in [-0.4, -0.2) is 0 Å². The van der Waals surface area contributed by atoms with Crippen LogP contribution in [-0.2, 0) is 0 Å². The minimum atomic E-state index is -0.927. The summed E-state index contributed by atoms with van der Waals surface area (Å²) in [7, 11) is 0. The van der Waals surface area contributed by atoms with Crippen molar-refractivity contribution in [2.45, 2.75) is 5.38 Å². The molecule has 0 aliphatic heterocycles. The largest absolute Gasteiger partial charge is 0.204 e. The molecule has 0 saturated heterocycles. The first kappa shape index (κ1) is 13.8. The SMILES string of the molecule is Fc1ccc(C(Cl)c2cccc(Br)c2Cl)cc1F. The summed E-state index contributed by atoms with van der Waals surface area (Å²) in [5, 5.41) is -0.174. The first-order chi connectivity index (χ1) is 8.50. The van der Waals surface area contributed by atoms with E-state index in [1.54, 1.807) is 18.2 Å². The fourth-order valence-electron chi connectivity index (χ4n) is 1.57. The highest BCUT2D eigenvalue weighted by molar-refractivity contribution is 9.10. The summed E-state index contributed by atoms with van der Waals surface area (Å²) < 4.78 is 26.7. The van der Waals surface area contributed by atoms with Gasteiger partial charge in [0.05, 0.1) is 10.4 Å². The third-order valence-electron chi connectivity index (χ3n) is 2.49. The first-order valence-corrected chi connectivity index (χ1v) is 6.64. The minimum Gasteiger partial charge on any atom is -0.204 e. The highest BCUT2D eigenvalue weighted by atomic mass is 79.9. The Morgan fingerprint density at radius 3 is 2.44 bits per heavy atom. The van der Waals surface area contributed by atoms with Crippen molar-refractivity contribution < 1.29 is 8.78 Å². The van der Waals surface area contributed by atoms with Crippen LogP contribution in [0, 0.1) is 11.6 Å². The van der Waals surface area contributed by atoms with Gasteiger partial charge in [-0.2, -0.15) is 0 Å². The normalized spacial score (nSPS) is 12.5. The van der Waals surface area contributed by atoms with Gasteiger partial charge in [-0.25, -0.2) is 8.78 Å². The van der Waals surface area contributed by atoms with E-state index in [0.29, 0.717) is 20.6 Å². The summed E-state index contributed by atoms with van der Waals surface area (Å²) in [5.41, 5.74) is 1.09. The van der Waals surface area contributed by atoms with Crippen LogP contribution >= 0.6 is 39.1 Å². The molecule has 0 saturated carbocycles. The molecule has 2 aromatic rings.